The van der Waals surface area contributed by atoms with Crippen molar-refractivity contribution in [2.45, 2.75) is 6.42 Å². The average Bonchev–Trinajstić information content (AvgIpc) is 3.20. The molecule has 3 rings (SSSR count). The third-order valence-electron chi connectivity index (χ3n) is 3.69. The molecule has 0 aromatic carbocycles. The molecule has 8 nitrogen and oxygen atoms in total. The molecule has 0 spiro atoms. The van der Waals surface area contributed by atoms with Crippen LogP contribution in [-0.4, -0.2) is 43.5 Å². The van der Waals surface area contributed by atoms with Crippen LogP contribution >= 0.6 is 0 Å². The summed E-state index contributed by atoms with van der Waals surface area (Å²) in [6, 6.07) is 0. The predicted octanol–water partition coefficient (Wildman–Crippen LogP) is 0.340. The molecule has 1 aliphatic rings. The van der Waals surface area contributed by atoms with Gasteiger partial charge in [0.1, 0.15) is 12.0 Å². The van der Waals surface area contributed by atoms with Crippen molar-refractivity contribution in [3.8, 4) is 0 Å². The number of rotatable bonds is 4. The lowest BCUT2D eigenvalue weighted by molar-refractivity contribution is 0.652. The molecule has 0 radical (unpaired) electrons. The van der Waals surface area contributed by atoms with Crippen molar-refractivity contribution in [3.05, 3.63) is 36.8 Å². The molecule has 1 fully saturated rings. The van der Waals surface area contributed by atoms with Gasteiger partial charge in [0.25, 0.3) is 0 Å². The third kappa shape index (κ3) is 3.06. The number of hydrogen-bond acceptors (Lipinski definition) is 5. The number of nitrogens with one attached hydrogen (secondary N) is 2. The van der Waals surface area contributed by atoms with E-state index in [1.54, 1.807) is 15.6 Å². The second-order valence-corrected chi connectivity index (χ2v) is 5.38. The van der Waals surface area contributed by atoms with Crippen molar-refractivity contribution in [1.82, 2.24) is 35.2 Å². The second kappa shape index (κ2) is 6.10. The van der Waals surface area contributed by atoms with E-state index in [-0.39, 0.29) is 0 Å². The van der Waals surface area contributed by atoms with E-state index < -0.39 is 0 Å². The molecule has 2 aromatic rings. The van der Waals surface area contributed by atoms with Gasteiger partial charge in [0.2, 0.25) is 0 Å². The van der Waals surface area contributed by atoms with E-state index in [9.17, 15) is 0 Å². The smallest absolute Gasteiger partial charge is 0.193 e. The lowest BCUT2D eigenvalue weighted by atomic mass is 10.1. The third-order valence-corrected chi connectivity index (χ3v) is 3.69. The Kier molecular flexibility index (Phi) is 4.01. The Morgan fingerprint density at radius 3 is 2.91 bits per heavy atom. The lowest BCUT2D eigenvalue weighted by Gasteiger charge is -2.16. The lowest BCUT2D eigenvalue weighted by Crippen LogP contribution is -2.30. The van der Waals surface area contributed by atoms with Crippen LogP contribution in [0.3, 0.4) is 0 Å². The molecule has 0 amide bonds. The van der Waals surface area contributed by atoms with E-state index in [4.69, 9.17) is 0 Å². The molecule has 2 N–H and O–H groups in total. The standard InChI is InChI=1S/C14H20N8/c1-10(11-4-5-15-6-11)19-13(14-16-9-18-22(14)3)20-12-7-17-21(2)8-12/h7-9,11,15H,1,4-6H2,2-3H3,(H,19,20)/t11-/m0/s1. The maximum Gasteiger partial charge on any atom is 0.193 e. The fraction of sp³-hybridized carbons (Fsp3) is 0.429. The quantitative estimate of drug-likeness (QED) is 0.628. The normalized spacial score (nSPS) is 18.6. The van der Waals surface area contributed by atoms with Crippen molar-refractivity contribution in [2.24, 2.45) is 25.0 Å². The van der Waals surface area contributed by atoms with Crippen molar-refractivity contribution in [2.75, 3.05) is 13.1 Å². The van der Waals surface area contributed by atoms with E-state index in [2.05, 4.69) is 37.4 Å². The minimum absolute atomic E-state index is 0.396. The van der Waals surface area contributed by atoms with Gasteiger partial charge in [-0.05, 0) is 13.0 Å². The van der Waals surface area contributed by atoms with Gasteiger partial charge in [0.05, 0.1) is 12.4 Å². The van der Waals surface area contributed by atoms with E-state index in [1.807, 2.05) is 20.3 Å². The molecule has 0 bridgehead atoms. The van der Waals surface area contributed by atoms with Crippen LogP contribution in [0, 0.1) is 5.92 Å². The van der Waals surface area contributed by atoms with Crippen LogP contribution in [-0.2, 0) is 14.1 Å². The zero-order chi connectivity index (χ0) is 15.5. The summed E-state index contributed by atoms with van der Waals surface area (Å²) in [5, 5.41) is 14.9. The molecule has 2 aromatic heterocycles. The number of nitrogens with zero attached hydrogens (tertiary/aromatic N) is 6. The fourth-order valence-corrected chi connectivity index (χ4v) is 2.45. The van der Waals surface area contributed by atoms with Crippen LogP contribution in [0.5, 0.6) is 0 Å². The number of aromatic nitrogens is 5. The first-order valence-electron chi connectivity index (χ1n) is 7.21. The number of hydrogen-bond donors (Lipinski definition) is 2. The minimum Gasteiger partial charge on any atom is -0.341 e. The molecule has 1 saturated heterocycles. The molecule has 1 atom stereocenters. The second-order valence-electron chi connectivity index (χ2n) is 5.38. The van der Waals surface area contributed by atoms with Crippen LogP contribution in [0.25, 0.3) is 0 Å². The van der Waals surface area contributed by atoms with Gasteiger partial charge in [-0.2, -0.15) is 10.2 Å². The molecule has 22 heavy (non-hydrogen) atoms. The Labute approximate surface area is 129 Å². The summed E-state index contributed by atoms with van der Waals surface area (Å²) < 4.78 is 3.39. The van der Waals surface area contributed by atoms with Gasteiger partial charge in [-0.15, -0.1) is 0 Å². The van der Waals surface area contributed by atoms with Gasteiger partial charge >= 0.3 is 0 Å². The van der Waals surface area contributed by atoms with E-state index in [0.717, 1.165) is 30.9 Å². The number of aliphatic imine (C=N–C) groups is 1. The largest absolute Gasteiger partial charge is 0.341 e. The van der Waals surface area contributed by atoms with Crippen molar-refractivity contribution < 1.29 is 0 Å². The Morgan fingerprint density at radius 2 is 2.32 bits per heavy atom. The van der Waals surface area contributed by atoms with E-state index in [1.165, 1.54) is 6.33 Å². The molecule has 0 aliphatic carbocycles. The van der Waals surface area contributed by atoms with Gasteiger partial charge in [0.15, 0.2) is 11.7 Å². The molecule has 8 heteroatoms. The van der Waals surface area contributed by atoms with E-state index in [0.29, 0.717) is 17.6 Å². The first-order valence-corrected chi connectivity index (χ1v) is 7.21. The maximum atomic E-state index is 4.61. The van der Waals surface area contributed by atoms with Crippen LogP contribution in [0.1, 0.15) is 12.2 Å². The Hall–Kier alpha value is -2.48. The summed E-state index contributed by atoms with van der Waals surface area (Å²) >= 11 is 0. The molecule has 116 valence electrons. The SMILES string of the molecule is C=C(NC(=Nc1cnn(C)c1)c1ncnn1C)[C@H]1CCNC1. The van der Waals surface area contributed by atoms with Gasteiger partial charge in [0, 0.05) is 32.3 Å². The van der Waals surface area contributed by atoms with Crippen LogP contribution in [0.15, 0.2) is 36.0 Å². The zero-order valence-electron chi connectivity index (χ0n) is 12.8. The molecule has 0 unspecified atom stereocenters. The number of aryl methyl sites for hydroxylation is 2. The summed E-state index contributed by atoms with van der Waals surface area (Å²) in [7, 11) is 3.69. The van der Waals surface area contributed by atoms with Gasteiger partial charge in [-0.25, -0.2) is 14.7 Å². The Bertz CT molecular complexity index is 689. The highest BCUT2D eigenvalue weighted by molar-refractivity contribution is 5.98. The number of amidine groups is 1. The van der Waals surface area contributed by atoms with E-state index >= 15 is 0 Å². The minimum atomic E-state index is 0.396. The first-order chi connectivity index (χ1) is 10.6. The van der Waals surface area contributed by atoms with Gasteiger partial charge in [-0.3, -0.25) is 4.68 Å². The first kappa shape index (κ1) is 14.5. The summed E-state index contributed by atoms with van der Waals surface area (Å²) in [5.74, 6) is 1.69. The summed E-state index contributed by atoms with van der Waals surface area (Å²) in [5.41, 5.74) is 1.70. The average molecular weight is 300 g/mol. The fourth-order valence-electron chi connectivity index (χ4n) is 2.45. The predicted molar refractivity (Wildman–Crippen MR) is 83.7 cm³/mol. The molecule has 3 heterocycles. The van der Waals surface area contributed by atoms with Crippen molar-refractivity contribution >= 4 is 11.5 Å². The highest BCUT2D eigenvalue weighted by Gasteiger charge is 2.20. The van der Waals surface area contributed by atoms with Crippen molar-refractivity contribution in [3.63, 3.8) is 0 Å². The Balaban J connectivity index is 1.87. The topological polar surface area (TPSA) is 85.0 Å². The highest BCUT2D eigenvalue weighted by Crippen LogP contribution is 2.16. The Morgan fingerprint density at radius 1 is 1.45 bits per heavy atom. The highest BCUT2D eigenvalue weighted by atomic mass is 15.3. The summed E-state index contributed by atoms with van der Waals surface area (Å²) in [6.07, 6.45) is 6.14. The monoisotopic (exact) mass is 300 g/mol. The molecule has 0 saturated carbocycles. The van der Waals surface area contributed by atoms with Gasteiger partial charge in [-0.1, -0.05) is 6.58 Å². The summed E-state index contributed by atoms with van der Waals surface area (Å²) in [4.78, 5) is 8.89. The van der Waals surface area contributed by atoms with Crippen molar-refractivity contribution in [1.29, 1.82) is 0 Å². The van der Waals surface area contributed by atoms with Gasteiger partial charge < -0.3 is 10.6 Å². The van der Waals surface area contributed by atoms with Crippen LogP contribution in [0.4, 0.5) is 5.69 Å². The molecule has 1 aliphatic heterocycles. The summed E-state index contributed by atoms with van der Waals surface area (Å²) in [6.45, 7) is 6.11. The van der Waals surface area contributed by atoms with Crippen LogP contribution < -0.4 is 10.6 Å². The zero-order valence-corrected chi connectivity index (χ0v) is 12.8. The maximum absolute atomic E-state index is 4.61. The van der Waals surface area contributed by atoms with Crippen LogP contribution in [0.2, 0.25) is 0 Å². The molecular weight excluding hydrogens is 280 g/mol. The molecular formula is C14H20N8.